The molecule has 0 amide bonds. The van der Waals surface area contributed by atoms with Crippen LogP contribution in [0.1, 0.15) is 43.9 Å². The van der Waals surface area contributed by atoms with E-state index in [2.05, 4.69) is 54.6 Å². The lowest BCUT2D eigenvalue weighted by atomic mass is 9.73. The van der Waals surface area contributed by atoms with E-state index in [0.29, 0.717) is 6.42 Å². The van der Waals surface area contributed by atoms with Crippen molar-refractivity contribution < 1.29 is 4.79 Å². The molecule has 0 spiro atoms. The summed E-state index contributed by atoms with van der Waals surface area (Å²) in [7, 11) is 0. The molecule has 4 heteroatoms. The van der Waals surface area contributed by atoms with E-state index in [0.717, 1.165) is 34.6 Å². The van der Waals surface area contributed by atoms with Gasteiger partial charge in [0.25, 0.3) is 0 Å². The van der Waals surface area contributed by atoms with E-state index >= 15 is 0 Å². The topological polar surface area (TPSA) is 54.0 Å². The minimum Gasteiger partial charge on any atom is -0.372 e. The number of rotatable bonds is 1. The standard InChI is InChI=1S/C21H23N3O/c1-13-6-7-15-16(9-13)24-20(14-5-4-8-22-12-14)19-17(23-15)10-21(2,3)11-18(19)25/h4-9,12,20,23-24H,10-11H2,1-3H3/t20-/m0/s1. The number of Topliss-reactive ketones (excluding diaryl/α,β-unsaturated/α-hetero) is 1. The Kier molecular flexibility index (Phi) is 3.64. The zero-order valence-corrected chi connectivity index (χ0v) is 14.9. The smallest absolute Gasteiger partial charge is 0.163 e. The molecule has 2 N–H and O–H groups in total. The fourth-order valence-corrected chi connectivity index (χ4v) is 3.85. The summed E-state index contributed by atoms with van der Waals surface area (Å²) in [6, 6.07) is 10.1. The molecular weight excluding hydrogens is 310 g/mol. The molecule has 1 aliphatic heterocycles. The molecule has 2 aromatic rings. The molecule has 1 aromatic carbocycles. The van der Waals surface area contributed by atoms with E-state index in [9.17, 15) is 4.79 Å². The fourth-order valence-electron chi connectivity index (χ4n) is 3.85. The maximum absolute atomic E-state index is 13.0. The Balaban J connectivity index is 1.89. The number of aromatic nitrogens is 1. The third kappa shape index (κ3) is 2.93. The summed E-state index contributed by atoms with van der Waals surface area (Å²) in [4.78, 5) is 17.3. The van der Waals surface area contributed by atoms with Crippen LogP contribution in [0, 0.1) is 12.3 Å². The van der Waals surface area contributed by atoms with Crippen molar-refractivity contribution in [3.05, 3.63) is 65.1 Å². The highest BCUT2D eigenvalue weighted by Crippen LogP contribution is 2.45. The number of anilines is 2. The predicted octanol–water partition coefficient (Wildman–Crippen LogP) is 4.61. The zero-order chi connectivity index (χ0) is 17.6. The molecule has 2 heterocycles. The van der Waals surface area contributed by atoms with Crippen LogP contribution in [-0.4, -0.2) is 10.8 Å². The summed E-state index contributed by atoms with van der Waals surface area (Å²) in [6.45, 7) is 6.39. The highest BCUT2D eigenvalue weighted by Gasteiger charge is 2.38. The van der Waals surface area contributed by atoms with Crippen molar-refractivity contribution in [2.75, 3.05) is 10.6 Å². The Morgan fingerprint density at radius 3 is 2.76 bits per heavy atom. The van der Waals surface area contributed by atoms with Crippen LogP contribution >= 0.6 is 0 Å². The van der Waals surface area contributed by atoms with Gasteiger partial charge in [-0.3, -0.25) is 9.78 Å². The number of benzene rings is 1. The number of hydrogen-bond donors (Lipinski definition) is 2. The molecule has 0 fully saturated rings. The van der Waals surface area contributed by atoms with Gasteiger partial charge in [-0.1, -0.05) is 26.0 Å². The molecule has 0 unspecified atom stereocenters. The first-order valence-electron chi connectivity index (χ1n) is 8.73. The number of carbonyl (C=O) groups excluding carboxylic acids is 1. The van der Waals surface area contributed by atoms with Crippen molar-refractivity contribution in [1.82, 2.24) is 4.98 Å². The molecule has 1 aliphatic carbocycles. The first-order valence-corrected chi connectivity index (χ1v) is 8.73. The number of nitrogens with zero attached hydrogens (tertiary/aromatic N) is 1. The zero-order valence-electron chi connectivity index (χ0n) is 14.9. The van der Waals surface area contributed by atoms with Crippen molar-refractivity contribution in [2.24, 2.45) is 5.41 Å². The molecule has 1 atom stereocenters. The molecule has 0 bridgehead atoms. The van der Waals surface area contributed by atoms with Gasteiger partial charge in [0.15, 0.2) is 5.78 Å². The third-order valence-electron chi connectivity index (χ3n) is 4.99. The largest absolute Gasteiger partial charge is 0.372 e. The maximum atomic E-state index is 13.0. The van der Waals surface area contributed by atoms with E-state index < -0.39 is 0 Å². The number of nitrogens with one attached hydrogen (secondary N) is 2. The SMILES string of the molecule is Cc1ccc2c(c1)N[C@@H](c1cccnc1)C1=C(CC(C)(C)CC1=O)N2. The van der Waals surface area contributed by atoms with E-state index in [1.165, 1.54) is 5.56 Å². The lowest BCUT2D eigenvalue weighted by Gasteiger charge is -2.34. The molecule has 4 nitrogen and oxygen atoms in total. The minimum absolute atomic E-state index is 0.0302. The predicted molar refractivity (Wildman–Crippen MR) is 100 cm³/mol. The Morgan fingerprint density at radius 1 is 1.16 bits per heavy atom. The molecule has 1 aromatic heterocycles. The van der Waals surface area contributed by atoms with Crippen LogP contribution in [-0.2, 0) is 4.79 Å². The second-order valence-corrected chi connectivity index (χ2v) is 7.87. The second-order valence-electron chi connectivity index (χ2n) is 7.87. The van der Waals surface area contributed by atoms with E-state index in [1.54, 1.807) is 6.20 Å². The highest BCUT2D eigenvalue weighted by atomic mass is 16.1. The number of fused-ring (bicyclic) bond motifs is 1. The molecule has 0 saturated carbocycles. The number of pyridine rings is 1. The highest BCUT2D eigenvalue weighted by molar-refractivity contribution is 6.01. The summed E-state index contributed by atoms with van der Waals surface area (Å²) in [5.74, 6) is 0.213. The Bertz CT molecular complexity index is 868. The molecule has 0 radical (unpaired) electrons. The number of allylic oxidation sites excluding steroid dienone is 1. The van der Waals surface area contributed by atoms with E-state index in [1.807, 2.05) is 18.3 Å². The van der Waals surface area contributed by atoms with Crippen LogP contribution in [0.2, 0.25) is 0 Å². The van der Waals surface area contributed by atoms with Crippen LogP contribution in [0.4, 0.5) is 11.4 Å². The second kappa shape index (κ2) is 5.73. The van der Waals surface area contributed by atoms with Gasteiger partial charge in [0.05, 0.1) is 17.4 Å². The number of carbonyl (C=O) groups is 1. The molecular formula is C21H23N3O. The molecule has 2 aliphatic rings. The van der Waals surface area contributed by atoms with Gasteiger partial charge in [0, 0.05) is 30.1 Å². The third-order valence-corrected chi connectivity index (χ3v) is 4.99. The normalized spacial score (nSPS) is 21.6. The Hall–Kier alpha value is -2.62. The van der Waals surface area contributed by atoms with Gasteiger partial charge in [-0.05, 0) is 48.1 Å². The van der Waals surface area contributed by atoms with Gasteiger partial charge in [-0.25, -0.2) is 0 Å². The van der Waals surface area contributed by atoms with Crippen LogP contribution < -0.4 is 10.6 Å². The monoisotopic (exact) mass is 333 g/mol. The lowest BCUT2D eigenvalue weighted by molar-refractivity contribution is -0.118. The fraction of sp³-hybridized carbons (Fsp3) is 0.333. The Morgan fingerprint density at radius 2 is 2.00 bits per heavy atom. The molecule has 25 heavy (non-hydrogen) atoms. The van der Waals surface area contributed by atoms with Crippen LogP contribution in [0.25, 0.3) is 0 Å². The summed E-state index contributed by atoms with van der Waals surface area (Å²) >= 11 is 0. The summed E-state index contributed by atoms with van der Waals surface area (Å²) in [5.41, 5.74) is 6.09. The van der Waals surface area contributed by atoms with Crippen molar-refractivity contribution in [1.29, 1.82) is 0 Å². The summed E-state index contributed by atoms with van der Waals surface area (Å²) < 4.78 is 0. The number of hydrogen-bond acceptors (Lipinski definition) is 4. The van der Waals surface area contributed by atoms with Crippen LogP contribution in [0.5, 0.6) is 0 Å². The number of ketones is 1. The molecule has 128 valence electrons. The summed E-state index contributed by atoms with van der Waals surface area (Å²) in [5, 5.41) is 7.14. The molecule has 0 saturated heterocycles. The van der Waals surface area contributed by atoms with Crippen LogP contribution in [0.15, 0.2) is 54.0 Å². The van der Waals surface area contributed by atoms with Gasteiger partial charge < -0.3 is 10.6 Å². The van der Waals surface area contributed by atoms with Gasteiger partial charge in [0.2, 0.25) is 0 Å². The van der Waals surface area contributed by atoms with Gasteiger partial charge in [-0.2, -0.15) is 0 Å². The van der Waals surface area contributed by atoms with E-state index in [4.69, 9.17) is 0 Å². The Labute approximate surface area is 148 Å². The van der Waals surface area contributed by atoms with Gasteiger partial charge >= 0.3 is 0 Å². The minimum atomic E-state index is -0.178. The van der Waals surface area contributed by atoms with Crippen molar-refractivity contribution in [3.63, 3.8) is 0 Å². The van der Waals surface area contributed by atoms with Gasteiger partial charge in [-0.15, -0.1) is 0 Å². The first-order chi connectivity index (χ1) is 11.9. The quantitative estimate of drug-likeness (QED) is 0.800. The average Bonchev–Trinajstić information content (AvgIpc) is 2.70. The van der Waals surface area contributed by atoms with Crippen LogP contribution in [0.3, 0.4) is 0 Å². The lowest BCUT2D eigenvalue weighted by Crippen LogP contribution is -2.31. The van der Waals surface area contributed by atoms with E-state index in [-0.39, 0.29) is 17.2 Å². The summed E-state index contributed by atoms with van der Waals surface area (Å²) in [6.07, 6.45) is 5.04. The van der Waals surface area contributed by atoms with Gasteiger partial charge in [0.1, 0.15) is 0 Å². The van der Waals surface area contributed by atoms with Crippen molar-refractivity contribution in [2.45, 2.75) is 39.7 Å². The average molecular weight is 333 g/mol. The number of aryl methyl sites for hydroxylation is 1. The van der Waals surface area contributed by atoms with Crippen molar-refractivity contribution in [3.8, 4) is 0 Å². The first kappa shape index (κ1) is 15.9. The molecule has 4 rings (SSSR count). The maximum Gasteiger partial charge on any atom is 0.163 e. The van der Waals surface area contributed by atoms with Crippen molar-refractivity contribution >= 4 is 17.2 Å².